The Morgan fingerprint density at radius 2 is 1.96 bits per heavy atom. The van der Waals surface area contributed by atoms with E-state index in [1.165, 1.54) is 29.3 Å². The predicted octanol–water partition coefficient (Wildman–Crippen LogP) is 3.37. The molecule has 0 radical (unpaired) electrons. The predicted molar refractivity (Wildman–Crippen MR) is 99.9 cm³/mol. The van der Waals surface area contributed by atoms with Gasteiger partial charge in [0, 0.05) is 5.54 Å². The highest BCUT2D eigenvalue weighted by Gasteiger charge is 2.44. The molecule has 1 saturated carbocycles. The number of benzene rings is 2. The largest absolute Gasteiger partial charge is 0.493 e. The number of nitrogens with one attached hydrogen (secondary N) is 1. The lowest BCUT2D eigenvalue weighted by Crippen LogP contribution is -2.38. The molecule has 0 aliphatic heterocycles. The second-order valence-corrected chi connectivity index (χ2v) is 7.03. The van der Waals surface area contributed by atoms with E-state index in [-0.39, 0.29) is 17.0 Å². The van der Waals surface area contributed by atoms with Crippen LogP contribution in [-0.2, 0) is 6.42 Å². The fourth-order valence-corrected chi connectivity index (χ4v) is 2.97. The maximum atomic E-state index is 13.7. The number of nitrogens with two attached hydrogens (primary N) is 1. The van der Waals surface area contributed by atoms with Gasteiger partial charge in [0.15, 0.2) is 0 Å². The van der Waals surface area contributed by atoms with E-state index in [0.717, 1.165) is 19.3 Å². The topological polar surface area (TPSA) is 64.3 Å². The van der Waals surface area contributed by atoms with Gasteiger partial charge in [-0.05, 0) is 62.9 Å². The summed E-state index contributed by atoms with van der Waals surface area (Å²) < 4.78 is 19.3. The van der Waals surface area contributed by atoms with Crippen LogP contribution in [0.25, 0.3) is 0 Å². The Morgan fingerprint density at radius 3 is 2.62 bits per heavy atom. The van der Waals surface area contributed by atoms with Crippen LogP contribution in [-0.4, -0.2) is 24.6 Å². The molecule has 0 heterocycles. The number of carbonyl (C=O) groups is 1. The molecule has 1 aliphatic carbocycles. The Labute approximate surface area is 153 Å². The first-order chi connectivity index (χ1) is 12.5. The van der Waals surface area contributed by atoms with Crippen molar-refractivity contribution in [2.24, 2.45) is 5.73 Å². The standard InChI is InChI=1S/C21H25FN2O2/c1-15-3-5-16(6-4-15)14-21(9-10-21)24-20(25)18-13-17(22)7-8-19(18)26-12-2-11-23/h3-8,13H,2,9-12,14,23H2,1H3,(H,24,25). The van der Waals surface area contributed by atoms with Gasteiger partial charge in [-0.15, -0.1) is 0 Å². The fraction of sp³-hybridized carbons (Fsp3) is 0.381. The first-order valence-corrected chi connectivity index (χ1v) is 9.02. The number of aryl methyl sites for hydroxylation is 1. The average Bonchev–Trinajstić information content (AvgIpc) is 3.37. The van der Waals surface area contributed by atoms with Crippen LogP contribution in [0.2, 0.25) is 0 Å². The van der Waals surface area contributed by atoms with Crippen molar-refractivity contribution < 1.29 is 13.9 Å². The number of amides is 1. The smallest absolute Gasteiger partial charge is 0.255 e. The third-order valence-electron chi connectivity index (χ3n) is 4.69. The van der Waals surface area contributed by atoms with Crippen LogP contribution in [0.5, 0.6) is 5.75 Å². The summed E-state index contributed by atoms with van der Waals surface area (Å²) in [6, 6.07) is 12.4. The molecule has 0 unspecified atom stereocenters. The number of hydrogen-bond acceptors (Lipinski definition) is 3. The van der Waals surface area contributed by atoms with Crippen molar-refractivity contribution in [3.63, 3.8) is 0 Å². The van der Waals surface area contributed by atoms with E-state index in [0.29, 0.717) is 25.3 Å². The summed E-state index contributed by atoms with van der Waals surface area (Å²) in [5, 5.41) is 3.09. The van der Waals surface area contributed by atoms with Gasteiger partial charge in [0.05, 0.1) is 12.2 Å². The Bertz CT molecular complexity index is 770. The van der Waals surface area contributed by atoms with Gasteiger partial charge in [0.25, 0.3) is 5.91 Å². The zero-order valence-corrected chi connectivity index (χ0v) is 15.1. The molecule has 2 aromatic carbocycles. The maximum Gasteiger partial charge on any atom is 0.255 e. The highest BCUT2D eigenvalue weighted by atomic mass is 19.1. The molecule has 3 rings (SSSR count). The van der Waals surface area contributed by atoms with Crippen LogP contribution in [0.15, 0.2) is 42.5 Å². The van der Waals surface area contributed by atoms with Gasteiger partial charge in [0.1, 0.15) is 11.6 Å². The number of rotatable bonds is 8. The van der Waals surface area contributed by atoms with Gasteiger partial charge < -0.3 is 15.8 Å². The minimum absolute atomic E-state index is 0.234. The van der Waals surface area contributed by atoms with Gasteiger partial charge in [-0.2, -0.15) is 0 Å². The summed E-state index contributed by atoms with van der Waals surface area (Å²) in [4.78, 5) is 12.8. The van der Waals surface area contributed by atoms with Crippen LogP contribution >= 0.6 is 0 Å². The SMILES string of the molecule is Cc1ccc(CC2(NC(=O)c3cc(F)ccc3OCCCN)CC2)cc1. The molecule has 1 fully saturated rings. The molecule has 26 heavy (non-hydrogen) atoms. The van der Waals surface area contributed by atoms with E-state index < -0.39 is 5.82 Å². The van der Waals surface area contributed by atoms with Gasteiger partial charge >= 0.3 is 0 Å². The van der Waals surface area contributed by atoms with Crippen molar-refractivity contribution in [3.8, 4) is 5.75 Å². The summed E-state index contributed by atoms with van der Waals surface area (Å²) in [6.07, 6.45) is 3.30. The third-order valence-corrected chi connectivity index (χ3v) is 4.69. The molecule has 0 spiro atoms. The van der Waals surface area contributed by atoms with Crippen molar-refractivity contribution in [1.29, 1.82) is 0 Å². The Balaban J connectivity index is 1.71. The minimum atomic E-state index is -0.454. The monoisotopic (exact) mass is 356 g/mol. The lowest BCUT2D eigenvalue weighted by atomic mass is 10.0. The molecule has 4 nitrogen and oxygen atoms in total. The van der Waals surface area contributed by atoms with Gasteiger partial charge in [-0.25, -0.2) is 4.39 Å². The lowest BCUT2D eigenvalue weighted by Gasteiger charge is -2.19. The number of ether oxygens (including phenoxy) is 1. The van der Waals surface area contributed by atoms with Gasteiger partial charge in [0.2, 0.25) is 0 Å². The second-order valence-electron chi connectivity index (χ2n) is 7.03. The van der Waals surface area contributed by atoms with E-state index in [1.807, 2.05) is 0 Å². The van der Waals surface area contributed by atoms with Gasteiger partial charge in [-0.1, -0.05) is 29.8 Å². The summed E-state index contributed by atoms with van der Waals surface area (Å²) in [5.74, 6) is -0.356. The van der Waals surface area contributed by atoms with E-state index in [9.17, 15) is 9.18 Å². The van der Waals surface area contributed by atoms with E-state index in [2.05, 4.69) is 36.5 Å². The molecule has 5 heteroatoms. The van der Waals surface area contributed by atoms with Crippen LogP contribution in [0.4, 0.5) is 4.39 Å². The van der Waals surface area contributed by atoms with Crippen LogP contribution < -0.4 is 15.8 Å². The molecule has 2 aromatic rings. The van der Waals surface area contributed by atoms with Crippen molar-refractivity contribution in [1.82, 2.24) is 5.32 Å². The highest BCUT2D eigenvalue weighted by molar-refractivity contribution is 5.97. The number of halogens is 1. The van der Waals surface area contributed by atoms with Crippen molar-refractivity contribution in [3.05, 3.63) is 65.0 Å². The van der Waals surface area contributed by atoms with E-state index in [1.54, 1.807) is 0 Å². The zero-order chi connectivity index (χ0) is 18.6. The van der Waals surface area contributed by atoms with Crippen molar-refractivity contribution >= 4 is 5.91 Å². The van der Waals surface area contributed by atoms with Crippen LogP contribution in [0.1, 0.15) is 40.7 Å². The van der Waals surface area contributed by atoms with Gasteiger partial charge in [-0.3, -0.25) is 4.79 Å². The summed E-state index contributed by atoms with van der Waals surface area (Å²) >= 11 is 0. The molecule has 0 atom stereocenters. The first kappa shape index (κ1) is 18.4. The third kappa shape index (κ3) is 4.61. The Morgan fingerprint density at radius 1 is 1.23 bits per heavy atom. The molecular formula is C21H25FN2O2. The summed E-state index contributed by atoms with van der Waals surface area (Å²) in [5.41, 5.74) is 7.86. The average molecular weight is 356 g/mol. The number of hydrogen-bond donors (Lipinski definition) is 2. The summed E-state index contributed by atoms with van der Waals surface area (Å²) in [7, 11) is 0. The molecule has 1 aliphatic rings. The van der Waals surface area contributed by atoms with Crippen LogP contribution in [0.3, 0.4) is 0 Å². The molecule has 0 saturated heterocycles. The molecule has 0 aromatic heterocycles. The summed E-state index contributed by atoms with van der Waals surface area (Å²) in [6.45, 7) is 2.95. The lowest BCUT2D eigenvalue weighted by molar-refractivity contribution is 0.0926. The molecular weight excluding hydrogens is 331 g/mol. The maximum absolute atomic E-state index is 13.7. The molecule has 3 N–H and O–H groups in total. The second kappa shape index (κ2) is 7.87. The van der Waals surface area contributed by atoms with Crippen molar-refractivity contribution in [2.75, 3.05) is 13.2 Å². The van der Waals surface area contributed by atoms with Crippen molar-refractivity contribution in [2.45, 2.75) is 38.1 Å². The first-order valence-electron chi connectivity index (χ1n) is 9.02. The van der Waals surface area contributed by atoms with E-state index >= 15 is 0 Å². The zero-order valence-electron chi connectivity index (χ0n) is 15.1. The quantitative estimate of drug-likeness (QED) is 0.713. The molecule has 0 bridgehead atoms. The van der Waals surface area contributed by atoms with E-state index in [4.69, 9.17) is 10.5 Å². The normalized spacial score (nSPS) is 14.7. The fourth-order valence-electron chi connectivity index (χ4n) is 2.97. The van der Waals surface area contributed by atoms with Crippen LogP contribution in [0, 0.1) is 12.7 Å². The Kier molecular flexibility index (Phi) is 5.57. The molecule has 1 amide bonds. The highest BCUT2D eigenvalue weighted by Crippen LogP contribution is 2.39. The number of carbonyl (C=O) groups excluding carboxylic acids is 1. The molecule has 138 valence electrons. The minimum Gasteiger partial charge on any atom is -0.493 e. The Hall–Kier alpha value is -2.40.